The van der Waals surface area contributed by atoms with Crippen LogP contribution >= 0.6 is 0 Å². The predicted octanol–water partition coefficient (Wildman–Crippen LogP) is 0.348. The average Bonchev–Trinajstić information content (AvgIpc) is 2.66. The Balaban J connectivity index is 2.38. The van der Waals surface area contributed by atoms with E-state index in [0.29, 0.717) is 5.92 Å². The smallest absolute Gasteiger partial charge is 0.329 e. The molecule has 1 aliphatic rings. The highest BCUT2D eigenvalue weighted by Gasteiger charge is 2.38. The summed E-state index contributed by atoms with van der Waals surface area (Å²) in [6.45, 7) is 4.03. The topological polar surface area (TPSA) is 67.2 Å². The standard InChI is InChI=1S/C7H15N3O/c1-7(2,5-3-4-5)9-6(11)10-8/h5H,3-4,8H2,1-2H3,(H2,9,10,11). The first-order valence-electron chi connectivity index (χ1n) is 3.85. The van der Waals surface area contributed by atoms with Crippen LogP contribution in [0.25, 0.3) is 0 Å². The molecule has 4 N–H and O–H groups in total. The Morgan fingerprint density at radius 1 is 1.55 bits per heavy atom. The maximum atomic E-state index is 10.8. The van der Waals surface area contributed by atoms with Crippen molar-refractivity contribution in [3.8, 4) is 0 Å². The third-order valence-corrected chi connectivity index (χ3v) is 2.16. The van der Waals surface area contributed by atoms with Crippen LogP contribution in [-0.4, -0.2) is 11.6 Å². The van der Waals surface area contributed by atoms with Crippen LogP contribution in [0.2, 0.25) is 0 Å². The van der Waals surface area contributed by atoms with Gasteiger partial charge in [0.15, 0.2) is 0 Å². The summed E-state index contributed by atoms with van der Waals surface area (Å²) < 4.78 is 0. The number of nitrogens with one attached hydrogen (secondary N) is 2. The number of urea groups is 1. The summed E-state index contributed by atoms with van der Waals surface area (Å²) in [5.74, 6) is 5.56. The maximum absolute atomic E-state index is 10.8. The van der Waals surface area contributed by atoms with Crippen LogP contribution in [0.4, 0.5) is 4.79 Å². The number of nitrogens with two attached hydrogens (primary N) is 1. The molecule has 1 rings (SSSR count). The zero-order chi connectivity index (χ0) is 8.48. The second-order valence-electron chi connectivity index (χ2n) is 3.59. The van der Waals surface area contributed by atoms with E-state index >= 15 is 0 Å². The van der Waals surface area contributed by atoms with E-state index in [1.165, 1.54) is 12.8 Å². The van der Waals surface area contributed by atoms with E-state index in [1.54, 1.807) is 0 Å². The zero-order valence-electron chi connectivity index (χ0n) is 6.98. The highest BCUT2D eigenvalue weighted by molar-refractivity contribution is 5.74. The Morgan fingerprint density at radius 3 is 2.45 bits per heavy atom. The molecule has 0 aromatic carbocycles. The first kappa shape index (κ1) is 8.33. The van der Waals surface area contributed by atoms with Crippen molar-refractivity contribution in [1.29, 1.82) is 0 Å². The molecule has 0 aromatic rings. The van der Waals surface area contributed by atoms with Gasteiger partial charge in [0.05, 0.1) is 0 Å². The van der Waals surface area contributed by atoms with E-state index in [1.807, 2.05) is 13.8 Å². The summed E-state index contributed by atoms with van der Waals surface area (Å²) in [4.78, 5) is 10.8. The summed E-state index contributed by atoms with van der Waals surface area (Å²) >= 11 is 0. The van der Waals surface area contributed by atoms with Gasteiger partial charge in [-0.15, -0.1) is 0 Å². The number of carbonyl (C=O) groups is 1. The van der Waals surface area contributed by atoms with E-state index < -0.39 is 0 Å². The zero-order valence-corrected chi connectivity index (χ0v) is 6.98. The normalized spacial score (nSPS) is 17.7. The van der Waals surface area contributed by atoms with Crippen molar-refractivity contribution in [2.45, 2.75) is 32.2 Å². The van der Waals surface area contributed by atoms with E-state index in [9.17, 15) is 4.79 Å². The minimum Gasteiger partial charge on any atom is -0.332 e. The van der Waals surface area contributed by atoms with E-state index in [-0.39, 0.29) is 11.6 Å². The molecule has 4 heteroatoms. The number of rotatable bonds is 2. The summed E-state index contributed by atoms with van der Waals surface area (Å²) in [7, 11) is 0. The van der Waals surface area contributed by atoms with Gasteiger partial charge >= 0.3 is 6.03 Å². The molecule has 11 heavy (non-hydrogen) atoms. The summed E-state index contributed by atoms with van der Waals surface area (Å²) in [6, 6.07) is -0.304. The van der Waals surface area contributed by atoms with E-state index in [2.05, 4.69) is 10.7 Å². The highest BCUT2D eigenvalue weighted by Crippen LogP contribution is 2.38. The molecular weight excluding hydrogens is 142 g/mol. The number of carbonyl (C=O) groups excluding carboxylic acids is 1. The highest BCUT2D eigenvalue weighted by atomic mass is 16.2. The van der Waals surface area contributed by atoms with Gasteiger partial charge in [0, 0.05) is 5.54 Å². The molecule has 0 heterocycles. The molecule has 0 aliphatic heterocycles. The Morgan fingerprint density at radius 2 is 2.09 bits per heavy atom. The average molecular weight is 157 g/mol. The van der Waals surface area contributed by atoms with Gasteiger partial charge in [-0.25, -0.2) is 10.6 Å². The molecular formula is C7H15N3O. The molecule has 1 saturated carbocycles. The predicted molar refractivity (Wildman–Crippen MR) is 42.7 cm³/mol. The van der Waals surface area contributed by atoms with Crippen LogP contribution in [0, 0.1) is 5.92 Å². The number of hydrogen-bond acceptors (Lipinski definition) is 2. The van der Waals surface area contributed by atoms with Crippen molar-refractivity contribution in [3.63, 3.8) is 0 Å². The van der Waals surface area contributed by atoms with E-state index in [0.717, 1.165) is 0 Å². The van der Waals surface area contributed by atoms with Crippen LogP contribution < -0.4 is 16.6 Å². The molecule has 0 unspecified atom stereocenters. The summed E-state index contributed by atoms with van der Waals surface area (Å²) in [5.41, 5.74) is 1.95. The SMILES string of the molecule is CC(C)(NC(=O)NN)C1CC1. The monoisotopic (exact) mass is 157 g/mol. The number of hydrazine groups is 1. The summed E-state index contributed by atoms with van der Waals surface area (Å²) in [6.07, 6.45) is 2.41. The molecule has 2 amide bonds. The van der Waals surface area contributed by atoms with Crippen LogP contribution in [-0.2, 0) is 0 Å². The van der Waals surface area contributed by atoms with E-state index in [4.69, 9.17) is 5.84 Å². The quantitative estimate of drug-likeness (QED) is 0.307. The van der Waals surface area contributed by atoms with Gasteiger partial charge in [-0.05, 0) is 32.6 Å². The lowest BCUT2D eigenvalue weighted by molar-refractivity contribution is 0.226. The van der Waals surface area contributed by atoms with Crippen molar-refractivity contribution >= 4 is 6.03 Å². The lowest BCUT2D eigenvalue weighted by atomic mass is 9.99. The van der Waals surface area contributed by atoms with Crippen molar-refractivity contribution in [1.82, 2.24) is 10.7 Å². The minimum atomic E-state index is -0.304. The fourth-order valence-corrected chi connectivity index (χ4v) is 1.24. The number of hydrogen-bond donors (Lipinski definition) is 3. The maximum Gasteiger partial charge on any atom is 0.329 e. The largest absolute Gasteiger partial charge is 0.332 e. The fraction of sp³-hybridized carbons (Fsp3) is 0.857. The first-order valence-corrected chi connectivity index (χ1v) is 3.85. The Hall–Kier alpha value is -0.770. The van der Waals surface area contributed by atoms with Crippen molar-refractivity contribution < 1.29 is 4.79 Å². The molecule has 4 nitrogen and oxygen atoms in total. The van der Waals surface area contributed by atoms with Crippen molar-refractivity contribution in [2.75, 3.05) is 0 Å². The van der Waals surface area contributed by atoms with Crippen molar-refractivity contribution in [3.05, 3.63) is 0 Å². The molecule has 1 fully saturated rings. The van der Waals surface area contributed by atoms with Gasteiger partial charge in [0.2, 0.25) is 0 Å². The third-order valence-electron chi connectivity index (χ3n) is 2.16. The molecule has 64 valence electrons. The Bertz CT molecular complexity index is 163. The minimum absolute atomic E-state index is 0.108. The van der Waals surface area contributed by atoms with Gasteiger partial charge in [0.25, 0.3) is 0 Å². The van der Waals surface area contributed by atoms with Crippen LogP contribution in [0.3, 0.4) is 0 Å². The fourth-order valence-electron chi connectivity index (χ4n) is 1.24. The van der Waals surface area contributed by atoms with Gasteiger partial charge in [-0.3, -0.25) is 5.43 Å². The molecule has 0 saturated heterocycles. The van der Waals surface area contributed by atoms with Gasteiger partial charge < -0.3 is 5.32 Å². The Kier molecular flexibility index (Phi) is 2.04. The van der Waals surface area contributed by atoms with Crippen LogP contribution in [0.15, 0.2) is 0 Å². The summed E-state index contributed by atoms with van der Waals surface area (Å²) in [5, 5.41) is 2.79. The van der Waals surface area contributed by atoms with Gasteiger partial charge in [-0.2, -0.15) is 0 Å². The number of amides is 2. The molecule has 1 aliphatic carbocycles. The lowest BCUT2D eigenvalue weighted by Crippen LogP contribution is -2.51. The van der Waals surface area contributed by atoms with Gasteiger partial charge in [-0.1, -0.05) is 0 Å². The van der Waals surface area contributed by atoms with Crippen molar-refractivity contribution in [2.24, 2.45) is 11.8 Å². The molecule has 0 aromatic heterocycles. The lowest BCUT2D eigenvalue weighted by Gasteiger charge is -2.25. The molecule has 0 atom stereocenters. The van der Waals surface area contributed by atoms with Crippen LogP contribution in [0.5, 0.6) is 0 Å². The Labute approximate surface area is 66.5 Å². The first-order chi connectivity index (χ1) is 5.06. The van der Waals surface area contributed by atoms with Crippen LogP contribution in [0.1, 0.15) is 26.7 Å². The second kappa shape index (κ2) is 2.70. The third kappa shape index (κ3) is 2.08. The molecule has 0 spiro atoms. The second-order valence-corrected chi connectivity index (χ2v) is 3.59. The van der Waals surface area contributed by atoms with Gasteiger partial charge in [0.1, 0.15) is 0 Å². The molecule has 0 radical (unpaired) electrons. The molecule has 0 bridgehead atoms.